The number of piperazine rings is 1. The van der Waals surface area contributed by atoms with Crippen molar-refractivity contribution in [1.29, 1.82) is 0 Å². The van der Waals surface area contributed by atoms with E-state index in [-0.39, 0.29) is 37.9 Å². The Hall–Kier alpha value is -3.56. The first kappa shape index (κ1) is 23.6. The zero-order valence-electron chi connectivity index (χ0n) is 18.5. The lowest BCUT2D eigenvalue weighted by Crippen LogP contribution is -2.70. The van der Waals surface area contributed by atoms with Crippen LogP contribution in [-0.4, -0.2) is 57.9 Å². The van der Waals surface area contributed by atoms with Gasteiger partial charge in [-0.1, -0.05) is 42.5 Å². The van der Waals surface area contributed by atoms with Crippen LogP contribution in [0, 0.1) is 0 Å². The van der Waals surface area contributed by atoms with Gasteiger partial charge in [0.15, 0.2) is 0 Å². The molecular formula is C24H24F3N3O4. The Kier molecular flexibility index (Phi) is 6.49. The van der Waals surface area contributed by atoms with Crippen LogP contribution in [0.15, 0.2) is 54.6 Å². The van der Waals surface area contributed by atoms with Gasteiger partial charge in [0, 0.05) is 19.5 Å². The SMILES string of the molecule is CC1C(=O)N(Cc2ccccc2)C[C@@H]2N(C(=O)OCc3ccc(C(F)(F)F)cc3)CCC(=O)N12. The van der Waals surface area contributed by atoms with E-state index in [1.165, 1.54) is 21.9 Å². The smallest absolute Gasteiger partial charge is 0.416 e. The van der Waals surface area contributed by atoms with Crippen molar-refractivity contribution in [1.82, 2.24) is 14.7 Å². The Labute approximate surface area is 194 Å². The summed E-state index contributed by atoms with van der Waals surface area (Å²) in [5.74, 6) is -0.412. The maximum absolute atomic E-state index is 12.9. The Morgan fingerprint density at radius 1 is 1.03 bits per heavy atom. The summed E-state index contributed by atoms with van der Waals surface area (Å²) in [6.45, 7) is 2.04. The highest BCUT2D eigenvalue weighted by molar-refractivity contribution is 5.90. The molecule has 3 amide bonds. The van der Waals surface area contributed by atoms with Gasteiger partial charge < -0.3 is 14.5 Å². The number of nitrogens with zero attached hydrogens (tertiary/aromatic N) is 3. The minimum atomic E-state index is -4.44. The summed E-state index contributed by atoms with van der Waals surface area (Å²) < 4.78 is 43.6. The summed E-state index contributed by atoms with van der Waals surface area (Å²) in [6, 6.07) is 13.0. The minimum Gasteiger partial charge on any atom is -0.444 e. The average molecular weight is 475 g/mol. The fourth-order valence-corrected chi connectivity index (χ4v) is 4.32. The van der Waals surface area contributed by atoms with Crippen LogP contribution in [0.1, 0.15) is 30.0 Å². The lowest BCUT2D eigenvalue weighted by molar-refractivity contribution is -0.167. The molecule has 0 spiro atoms. The predicted octanol–water partition coefficient (Wildman–Crippen LogP) is 3.63. The molecule has 0 saturated carbocycles. The van der Waals surface area contributed by atoms with Crippen molar-refractivity contribution in [2.45, 2.75) is 44.9 Å². The molecule has 0 radical (unpaired) electrons. The molecule has 0 N–H and O–H groups in total. The first-order chi connectivity index (χ1) is 16.1. The van der Waals surface area contributed by atoms with Gasteiger partial charge in [0.1, 0.15) is 18.8 Å². The third kappa shape index (κ3) is 4.85. The zero-order valence-corrected chi connectivity index (χ0v) is 18.5. The van der Waals surface area contributed by atoms with Gasteiger partial charge in [-0.2, -0.15) is 13.2 Å². The summed E-state index contributed by atoms with van der Waals surface area (Å²) in [7, 11) is 0. The van der Waals surface area contributed by atoms with Crippen LogP contribution in [0.5, 0.6) is 0 Å². The number of fused-ring (bicyclic) bond motifs is 1. The number of alkyl halides is 3. The van der Waals surface area contributed by atoms with Crippen molar-refractivity contribution in [3.05, 3.63) is 71.3 Å². The number of carbonyl (C=O) groups excluding carboxylic acids is 3. The molecule has 180 valence electrons. The molecule has 2 aliphatic heterocycles. The van der Waals surface area contributed by atoms with Crippen LogP contribution < -0.4 is 0 Å². The predicted molar refractivity (Wildman–Crippen MR) is 115 cm³/mol. The van der Waals surface area contributed by atoms with Crippen LogP contribution in [0.3, 0.4) is 0 Å². The highest BCUT2D eigenvalue weighted by atomic mass is 19.4. The number of carbonyl (C=O) groups is 3. The molecule has 0 aromatic heterocycles. The average Bonchev–Trinajstić information content (AvgIpc) is 2.81. The van der Waals surface area contributed by atoms with E-state index in [0.717, 1.165) is 17.7 Å². The van der Waals surface area contributed by atoms with Crippen LogP contribution >= 0.6 is 0 Å². The highest BCUT2D eigenvalue weighted by Gasteiger charge is 2.47. The molecule has 2 atom stereocenters. The van der Waals surface area contributed by atoms with Gasteiger partial charge in [0.05, 0.1) is 12.1 Å². The molecule has 0 bridgehead atoms. The van der Waals surface area contributed by atoms with Gasteiger partial charge in [-0.15, -0.1) is 0 Å². The standard InChI is InChI=1S/C24H24F3N3O4/c1-16-22(32)28(13-17-5-3-2-4-6-17)14-20-29(12-11-21(31)30(16)20)23(33)34-15-18-7-9-19(10-8-18)24(25,26)27/h2-10,16,20H,11-15H2,1H3/t16?,20-/m1/s1. The first-order valence-corrected chi connectivity index (χ1v) is 10.9. The van der Waals surface area contributed by atoms with Crippen molar-refractivity contribution < 1.29 is 32.3 Å². The second-order valence-corrected chi connectivity index (χ2v) is 8.35. The van der Waals surface area contributed by atoms with Crippen LogP contribution in [-0.2, 0) is 33.7 Å². The molecule has 4 rings (SSSR count). The van der Waals surface area contributed by atoms with Gasteiger partial charge in [-0.25, -0.2) is 4.79 Å². The summed E-state index contributed by atoms with van der Waals surface area (Å²) in [5, 5.41) is 0. The molecule has 2 aliphatic rings. The number of halogens is 3. The normalized spacial score (nSPS) is 20.9. The number of benzene rings is 2. The second kappa shape index (κ2) is 9.36. The molecule has 0 aliphatic carbocycles. The monoisotopic (exact) mass is 475 g/mol. The number of hydrogen-bond donors (Lipinski definition) is 0. The molecule has 2 aromatic rings. The molecule has 2 aromatic carbocycles. The van der Waals surface area contributed by atoms with E-state index in [9.17, 15) is 27.6 Å². The van der Waals surface area contributed by atoms with Gasteiger partial charge in [0.2, 0.25) is 11.8 Å². The second-order valence-electron chi connectivity index (χ2n) is 8.35. The molecule has 10 heteroatoms. The summed E-state index contributed by atoms with van der Waals surface area (Å²) in [5.41, 5.74) is 0.548. The van der Waals surface area contributed by atoms with Crippen molar-refractivity contribution >= 4 is 17.9 Å². The maximum atomic E-state index is 12.9. The Morgan fingerprint density at radius 2 is 1.71 bits per heavy atom. The molecule has 2 saturated heterocycles. The fraction of sp³-hybridized carbons (Fsp3) is 0.375. The summed E-state index contributed by atoms with van der Waals surface area (Å²) in [6.07, 6.45) is -5.76. The fourth-order valence-electron chi connectivity index (χ4n) is 4.32. The highest BCUT2D eigenvalue weighted by Crippen LogP contribution is 2.30. The minimum absolute atomic E-state index is 0.0577. The molecule has 1 unspecified atom stereocenters. The van der Waals surface area contributed by atoms with E-state index >= 15 is 0 Å². The number of rotatable bonds is 4. The van der Waals surface area contributed by atoms with E-state index in [4.69, 9.17) is 4.74 Å². The largest absolute Gasteiger partial charge is 0.444 e. The van der Waals surface area contributed by atoms with Gasteiger partial charge >= 0.3 is 12.3 Å². The van der Waals surface area contributed by atoms with E-state index in [0.29, 0.717) is 12.1 Å². The van der Waals surface area contributed by atoms with E-state index in [1.54, 1.807) is 11.8 Å². The topological polar surface area (TPSA) is 70.2 Å². The maximum Gasteiger partial charge on any atom is 0.416 e. The molecule has 34 heavy (non-hydrogen) atoms. The van der Waals surface area contributed by atoms with Crippen LogP contribution in [0.25, 0.3) is 0 Å². The van der Waals surface area contributed by atoms with E-state index < -0.39 is 30.0 Å². The van der Waals surface area contributed by atoms with Gasteiger partial charge in [-0.05, 0) is 30.2 Å². The number of hydrogen-bond acceptors (Lipinski definition) is 4. The van der Waals surface area contributed by atoms with Crippen molar-refractivity contribution in [2.75, 3.05) is 13.1 Å². The third-order valence-corrected chi connectivity index (χ3v) is 6.10. The summed E-state index contributed by atoms with van der Waals surface area (Å²) in [4.78, 5) is 42.9. The zero-order chi connectivity index (χ0) is 24.5. The number of amides is 3. The molecule has 2 heterocycles. The van der Waals surface area contributed by atoms with Crippen LogP contribution in [0.4, 0.5) is 18.0 Å². The van der Waals surface area contributed by atoms with Gasteiger partial charge in [0.25, 0.3) is 0 Å². The Balaban J connectivity index is 1.46. The van der Waals surface area contributed by atoms with Crippen molar-refractivity contribution in [3.63, 3.8) is 0 Å². The lowest BCUT2D eigenvalue weighted by Gasteiger charge is -2.51. The number of ether oxygens (including phenoxy) is 1. The Morgan fingerprint density at radius 3 is 2.35 bits per heavy atom. The molecule has 7 nitrogen and oxygen atoms in total. The molecule has 2 fully saturated rings. The van der Waals surface area contributed by atoms with Gasteiger partial charge in [-0.3, -0.25) is 14.5 Å². The van der Waals surface area contributed by atoms with Crippen LogP contribution in [0.2, 0.25) is 0 Å². The molecular weight excluding hydrogens is 451 g/mol. The van der Waals surface area contributed by atoms with Crippen molar-refractivity contribution in [3.8, 4) is 0 Å². The quantitative estimate of drug-likeness (QED) is 0.677. The Bertz CT molecular complexity index is 1060. The summed E-state index contributed by atoms with van der Waals surface area (Å²) >= 11 is 0. The van der Waals surface area contributed by atoms with E-state index in [1.807, 2.05) is 30.3 Å². The lowest BCUT2D eigenvalue weighted by atomic mass is 10.0. The van der Waals surface area contributed by atoms with E-state index in [2.05, 4.69) is 0 Å². The van der Waals surface area contributed by atoms with Crippen molar-refractivity contribution in [2.24, 2.45) is 0 Å². The first-order valence-electron chi connectivity index (χ1n) is 10.9. The third-order valence-electron chi connectivity index (χ3n) is 6.10.